The Morgan fingerprint density at radius 2 is 1.89 bits per heavy atom. The number of nitrogens with one attached hydrogen (secondary N) is 1. The average molecular weight is 416 g/mol. The van der Waals surface area contributed by atoms with Crippen molar-refractivity contribution in [2.45, 2.75) is 25.8 Å². The first-order chi connectivity index (χ1) is 13.9. The highest BCUT2D eigenvalue weighted by Gasteiger charge is 2.20. The van der Waals surface area contributed by atoms with E-state index >= 15 is 0 Å². The van der Waals surface area contributed by atoms with Crippen molar-refractivity contribution in [1.82, 2.24) is 19.9 Å². The highest BCUT2D eigenvalue weighted by atomic mass is 32.1. The van der Waals surface area contributed by atoms with E-state index in [1.54, 1.807) is 22.7 Å². The number of hydrogen-bond donors (Lipinski definition) is 1. The molecule has 6 nitrogen and oxygen atoms in total. The summed E-state index contributed by atoms with van der Waals surface area (Å²) in [6.07, 6.45) is 3.80. The van der Waals surface area contributed by atoms with Gasteiger partial charge in [0.15, 0.2) is 5.82 Å². The first kappa shape index (κ1) is 18.4. The highest BCUT2D eigenvalue weighted by molar-refractivity contribution is 7.18. The van der Waals surface area contributed by atoms with Gasteiger partial charge in [-0.1, -0.05) is 12.5 Å². The second-order valence-electron chi connectivity index (χ2n) is 7.34. The summed E-state index contributed by atoms with van der Waals surface area (Å²) in [4.78, 5) is 14.6. The van der Waals surface area contributed by atoms with Gasteiger partial charge in [0.1, 0.15) is 10.7 Å². The number of morpholine rings is 1. The summed E-state index contributed by atoms with van der Waals surface area (Å²) in [5, 5.41) is 7.83. The van der Waals surface area contributed by atoms with Crippen LogP contribution < -0.4 is 5.43 Å². The van der Waals surface area contributed by atoms with Gasteiger partial charge in [0.2, 0.25) is 0 Å². The SMILES string of the molecule is c1csc(-c2csc3nc(CN4CCOCC4)nc(NN4CCCCC4)c23)c1. The molecule has 0 saturated carbocycles. The monoisotopic (exact) mass is 415 g/mol. The van der Waals surface area contributed by atoms with Crippen molar-refractivity contribution in [1.29, 1.82) is 0 Å². The number of thiophene rings is 2. The molecule has 2 saturated heterocycles. The molecule has 3 aromatic heterocycles. The maximum absolute atomic E-state index is 5.48. The second kappa shape index (κ2) is 8.42. The molecule has 0 unspecified atom stereocenters. The normalized spacial score (nSPS) is 19.3. The number of aromatic nitrogens is 2. The topological polar surface area (TPSA) is 53.5 Å². The zero-order chi connectivity index (χ0) is 18.8. The van der Waals surface area contributed by atoms with E-state index in [0.29, 0.717) is 0 Å². The number of nitrogens with zero attached hydrogens (tertiary/aromatic N) is 4. The average Bonchev–Trinajstić information content (AvgIpc) is 3.39. The maximum Gasteiger partial charge on any atom is 0.153 e. The minimum atomic E-state index is 0.778. The van der Waals surface area contributed by atoms with Crippen molar-refractivity contribution >= 4 is 38.7 Å². The molecule has 0 amide bonds. The van der Waals surface area contributed by atoms with E-state index in [0.717, 1.165) is 67.8 Å². The third kappa shape index (κ3) is 3.92. The van der Waals surface area contributed by atoms with Gasteiger partial charge in [0.25, 0.3) is 0 Å². The number of hydrazine groups is 1. The Labute approximate surface area is 173 Å². The Kier molecular flexibility index (Phi) is 5.55. The van der Waals surface area contributed by atoms with Gasteiger partial charge in [0.05, 0.1) is 25.1 Å². The molecule has 28 heavy (non-hydrogen) atoms. The largest absolute Gasteiger partial charge is 0.379 e. The molecule has 0 spiro atoms. The fourth-order valence-electron chi connectivity index (χ4n) is 3.87. The molecule has 0 aliphatic carbocycles. The molecule has 0 atom stereocenters. The molecule has 0 aromatic carbocycles. The Morgan fingerprint density at radius 1 is 1.04 bits per heavy atom. The van der Waals surface area contributed by atoms with Crippen LogP contribution in [-0.2, 0) is 11.3 Å². The van der Waals surface area contributed by atoms with Gasteiger partial charge in [-0.15, -0.1) is 22.7 Å². The minimum Gasteiger partial charge on any atom is -0.379 e. The molecule has 2 aliphatic rings. The fourth-order valence-corrected chi connectivity index (χ4v) is 5.65. The van der Waals surface area contributed by atoms with Gasteiger partial charge < -0.3 is 10.2 Å². The molecular formula is C20H25N5OS2. The van der Waals surface area contributed by atoms with Crippen LogP contribution in [0.1, 0.15) is 25.1 Å². The van der Waals surface area contributed by atoms with Crippen molar-refractivity contribution in [2.75, 3.05) is 44.8 Å². The lowest BCUT2D eigenvalue weighted by Crippen LogP contribution is -2.37. The van der Waals surface area contributed by atoms with Crippen LogP contribution in [0.4, 0.5) is 5.82 Å². The zero-order valence-corrected chi connectivity index (χ0v) is 17.5. The molecule has 148 valence electrons. The highest BCUT2D eigenvalue weighted by Crippen LogP contribution is 2.39. The van der Waals surface area contributed by atoms with Crippen molar-refractivity contribution < 1.29 is 4.74 Å². The van der Waals surface area contributed by atoms with Crippen LogP contribution in [0.25, 0.3) is 20.7 Å². The van der Waals surface area contributed by atoms with E-state index in [4.69, 9.17) is 14.7 Å². The van der Waals surface area contributed by atoms with Crippen LogP contribution in [-0.4, -0.2) is 59.3 Å². The second-order valence-corrected chi connectivity index (χ2v) is 9.15. The van der Waals surface area contributed by atoms with Crippen LogP contribution in [0.3, 0.4) is 0 Å². The first-order valence-electron chi connectivity index (χ1n) is 10.0. The van der Waals surface area contributed by atoms with Gasteiger partial charge in [-0.25, -0.2) is 15.0 Å². The summed E-state index contributed by atoms with van der Waals surface area (Å²) < 4.78 is 5.48. The van der Waals surface area contributed by atoms with E-state index < -0.39 is 0 Å². The lowest BCUT2D eigenvalue weighted by molar-refractivity contribution is 0.0331. The predicted octanol–water partition coefficient (Wildman–Crippen LogP) is 4.06. The molecule has 3 aromatic rings. The lowest BCUT2D eigenvalue weighted by Gasteiger charge is -2.28. The molecule has 5 heterocycles. The van der Waals surface area contributed by atoms with Gasteiger partial charge in [-0.3, -0.25) is 4.90 Å². The van der Waals surface area contributed by atoms with Gasteiger partial charge in [0, 0.05) is 42.0 Å². The van der Waals surface area contributed by atoms with Crippen molar-refractivity contribution in [3.8, 4) is 10.4 Å². The van der Waals surface area contributed by atoms with Gasteiger partial charge in [-0.05, 0) is 24.3 Å². The third-order valence-corrected chi connectivity index (χ3v) is 7.13. The predicted molar refractivity (Wildman–Crippen MR) is 116 cm³/mol. The minimum absolute atomic E-state index is 0.778. The third-order valence-electron chi connectivity index (χ3n) is 5.36. The molecule has 5 rings (SSSR count). The zero-order valence-electron chi connectivity index (χ0n) is 15.9. The van der Waals surface area contributed by atoms with Crippen LogP contribution in [0, 0.1) is 0 Å². The van der Waals surface area contributed by atoms with Crippen LogP contribution in [0.2, 0.25) is 0 Å². The van der Waals surface area contributed by atoms with Crippen molar-refractivity contribution in [3.05, 3.63) is 28.7 Å². The standard InChI is InChI=1S/C20H25N5OS2/c1-2-6-25(7-3-1)23-19-18-15(16-5-4-12-27-16)14-28-20(18)22-17(21-19)13-24-8-10-26-11-9-24/h4-5,12,14H,1-3,6-11,13H2,(H,21,22,23). The molecule has 0 bridgehead atoms. The van der Waals surface area contributed by atoms with Gasteiger partial charge >= 0.3 is 0 Å². The van der Waals surface area contributed by atoms with E-state index in [2.05, 4.69) is 38.2 Å². The Balaban J connectivity index is 1.51. The number of hydrogen-bond acceptors (Lipinski definition) is 8. The van der Waals surface area contributed by atoms with Crippen LogP contribution in [0.15, 0.2) is 22.9 Å². The van der Waals surface area contributed by atoms with Crippen molar-refractivity contribution in [2.24, 2.45) is 0 Å². The van der Waals surface area contributed by atoms with Gasteiger partial charge in [-0.2, -0.15) is 0 Å². The first-order valence-corrected chi connectivity index (χ1v) is 11.8. The fraction of sp³-hybridized carbons (Fsp3) is 0.500. The van der Waals surface area contributed by atoms with E-state index in [1.165, 1.54) is 29.7 Å². The summed E-state index contributed by atoms with van der Waals surface area (Å²) in [5.74, 6) is 1.85. The summed E-state index contributed by atoms with van der Waals surface area (Å²) in [5.41, 5.74) is 4.88. The van der Waals surface area contributed by atoms with Crippen LogP contribution >= 0.6 is 22.7 Å². The number of rotatable bonds is 5. The number of fused-ring (bicyclic) bond motifs is 1. The Bertz CT molecular complexity index is 914. The van der Waals surface area contributed by atoms with E-state index in [9.17, 15) is 0 Å². The molecule has 1 N–H and O–H groups in total. The maximum atomic E-state index is 5.48. The molecule has 8 heteroatoms. The molecule has 2 fully saturated rings. The van der Waals surface area contributed by atoms with Crippen LogP contribution in [0.5, 0.6) is 0 Å². The number of ether oxygens (including phenoxy) is 1. The lowest BCUT2D eigenvalue weighted by atomic mass is 10.1. The number of piperidine rings is 1. The van der Waals surface area contributed by atoms with Crippen molar-refractivity contribution in [3.63, 3.8) is 0 Å². The van der Waals surface area contributed by atoms with E-state index in [-0.39, 0.29) is 0 Å². The summed E-state index contributed by atoms with van der Waals surface area (Å²) in [7, 11) is 0. The quantitative estimate of drug-likeness (QED) is 0.678. The Hall–Kier alpha value is -1.58. The summed E-state index contributed by atoms with van der Waals surface area (Å²) >= 11 is 3.49. The molecule has 2 aliphatic heterocycles. The van der Waals surface area contributed by atoms with E-state index in [1.807, 2.05) is 0 Å². The summed E-state index contributed by atoms with van der Waals surface area (Å²) in [6.45, 7) is 6.40. The summed E-state index contributed by atoms with van der Waals surface area (Å²) in [6, 6.07) is 4.29. The smallest absolute Gasteiger partial charge is 0.153 e. The Morgan fingerprint density at radius 3 is 2.68 bits per heavy atom. The number of anilines is 1. The molecular weight excluding hydrogens is 390 g/mol. The molecule has 0 radical (unpaired) electrons.